The van der Waals surface area contributed by atoms with Gasteiger partial charge in [0.1, 0.15) is 0 Å². The molecule has 0 atom stereocenters. The van der Waals surface area contributed by atoms with Gasteiger partial charge in [-0.25, -0.2) is 0 Å². The van der Waals surface area contributed by atoms with Crippen molar-refractivity contribution in [2.75, 3.05) is 5.32 Å². The fraction of sp³-hybridized carbons (Fsp3) is 0. The Labute approximate surface area is 181 Å². The van der Waals surface area contributed by atoms with Crippen molar-refractivity contribution >= 4 is 46.4 Å². The van der Waals surface area contributed by atoms with E-state index in [-0.39, 0.29) is 5.91 Å². The summed E-state index contributed by atoms with van der Waals surface area (Å²) in [5.74, 6) is 0.321. The van der Waals surface area contributed by atoms with Crippen molar-refractivity contribution in [1.82, 2.24) is 10.1 Å². The first-order chi connectivity index (χ1) is 14.0. The van der Waals surface area contributed by atoms with Crippen molar-refractivity contribution in [3.63, 3.8) is 0 Å². The predicted molar refractivity (Wildman–Crippen MR) is 115 cm³/mol. The van der Waals surface area contributed by atoms with E-state index in [0.717, 1.165) is 5.56 Å². The lowest BCUT2D eigenvalue weighted by Crippen LogP contribution is -2.12. The highest BCUT2D eigenvalue weighted by molar-refractivity contribution is 6.31. The number of nitrogens with zero attached hydrogens (tertiary/aromatic N) is 2. The first kappa shape index (κ1) is 19.5. The van der Waals surface area contributed by atoms with Gasteiger partial charge < -0.3 is 9.84 Å². The van der Waals surface area contributed by atoms with Gasteiger partial charge in [0.2, 0.25) is 5.82 Å². The van der Waals surface area contributed by atoms with E-state index in [4.69, 9.17) is 39.3 Å². The van der Waals surface area contributed by atoms with Crippen LogP contribution in [0.2, 0.25) is 15.1 Å². The summed E-state index contributed by atoms with van der Waals surface area (Å²) >= 11 is 17.9. The number of amides is 1. The molecule has 5 nitrogen and oxygen atoms in total. The molecule has 1 heterocycles. The molecule has 144 valence electrons. The molecule has 0 aliphatic rings. The van der Waals surface area contributed by atoms with Gasteiger partial charge in [0.25, 0.3) is 11.8 Å². The number of aromatic nitrogens is 2. The summed E-state index contributed by atoms with van der Waals surface area (Å²) in [7, 11) is 0. The minimum absolute atomic E-state index is 0.295. The molecule has 1 aromatic heterocycles. The number of hydrogen-bond donors (Lipinski definition) is 1. The molecule has 3 aromatic carbocycles. The number of nitrogens with one attached hydrogen (secondary N) is 1. The van der Waals surface area contributed by atoms with Crippen LogP contribution in [-0.4, -0.2) is 16.0 Å². The fourth-order valence-electron chi connectivity index (χ4n) is 2.65. The van der Waals surface area contributed by atoms with Gasteiger partial charge in [-0.3, -0.25) is 4.79 Å². The number of halogens is 3. The maximum atomic E-state index is 12.6. The van der Waals surface area contributed by atoms with Gasteiger partial charge in [-0.05, 0) is 66.7 Å². The zero-order chi connectivity index (χ0) is 20.4. The maximum absolute atomic E-state index is 12.6. The summed E-state index contributed by atoms with van der Waals surface area (Å²) in [5, 5.41) is 8.51. The van der Waals surface area contributed by atoms with E-state index in [1.54, 1.807) is 66.7 Å². The first-order valence-corrected chi connectivity index (χ1v) is 9.59. The van der Waals surface area contributed by atoms with E-state index in [2.05, 4.69) is 15.5 Å². The molecule has 0 unspecified atom stereocenters. The minimum atomic E-state index is -0.299. The van der Waals surface area contributed by atoms with Gasteiger partial charge in [-0.1, -0.05) is 40.0 Å². The quantitative estimate of drug-likeness (QED) is 0.384. The Kier molecular flexibility index (Phi) is 5.53. The Morgan fingerprint density at radius 3 is 2.14 bits per heavy atom. The van der Waals surface area contributed by atoms with E-state index in [1.807, 2.05) is 0 Å². The lowest BCUT2D eigenvalue weighted by molar-refractivity contribution is 0.102. The third kappa shape index (κ3) is 4.43. The van der Waals surface area contributed by atoms with Gasteiger partial charge in [-0.15, -0.1) is 0 Å². The summed E-state index contributed by atoms with van der Waals surface area (Å²) in [6, 6.07) is 18.6. The van der Waals surface area contributed by atoms with Crippen molar-refractivity contribution < 1.29 is 9.32 Å². The average molecular weight is 445 g/mol. The van der Waals surface area contributed by atoms with Crippen LogP contribution in [0.5, 0.6) is 0 Å². The Hall–Kier alpha value is -2.86. The molecule has 1 N–H and O–H groups in total. The van der Waals surface area contributed by atoms with Gasteiger partial charge >= 0.3 is 0 Å². The molecule has 0 saturated heterocycles. The predicted octanol–water partition coefficient (Wildman–Crippen LogP) is 6.62. The second-order valence-electron chi connectivity index (χ2n) is 6.08. The van der Waals surface area contributed by atoms with Crippen LogP contribution in [0.15, 0.2) is 71.3 Å². The molecule has 0 spiro atoms. The molecule has 0 bridgehead atoms. The Morgan fingerprint density at radius 2 is 1.45 bits per heavy atom. The third-order valence-electron chi connectivity index (χ3n) is 4.09. The van der Waals surface area contributed by atoms with Gasteiger partial charge in [0.15, 0.2) is 0 Å². The number of hydrogen-bond acceptors (Lipinski definition) is 4. The van der Waals surface area contributed by atoms with E-state index >= 15 is 0 Å². The van der Waals surface area contributed by atoms with Gasteiger partial charge in [0, 0.05) is 31.8 Å². The van der Waals surface area contributed by atoms with Crippen molar-refractivity contribution in [2.24, 2.45) is 0 Å². The standard InChI is InChI=1S/C21H12Cl3N3O2/c22-14-5-1-12(2-6-14)20(28)25-18-10-9-16(24)11-17(18)19-26-21(29-27-19)13-3-7-15(23)8-4-13/h1-11H,(H,25,28). The van der Waals surface area contributed by atoms with Crippen LogP contribution in [-0.2, 0) is 0 Å². The van der Waals surface area contributed by atoms with Crippen LogP contribution in [0, 0.1) is 0 Å². The summed E-state index contributed by atoms with van der Waals surface area (Å²) in [4.78, 5) is 17.0. The summed E-state index contributed by atoms with van der Waals surface area (Å²) in [5.41, 5.74) is 2.22. The molecule has 8 heteroatoms. The van der Waals surface area contributed by atoms with Crippen LogP contribution in [0.4, 0.5) is 5.69 Å². The normalized spacial score (nSPS) is 10.7. The smallest absolute Gasteiger partial charge is 0.258 e. The second-order valence-corrected chi connectivity index (χ2v) is 7.39. The van der Waals surface area contributed by atoms with Crippen molar-refractivity contribution in [1.29, 1.82) is 0 Å². The monoisotopic (exact) mass is 443 g/mol. The van der Waals surface area contributed by atoms with Crippen LogP contribution in [0.25, 0.3) is 22.8 Å². The highest BCUT2D eigenvalue weighted by Crippen LogP contribution is 2.31. The zero-order valence-electron chi connectivity index (χ0n) is 14.7. The molecule has 4 aromatic rings. The molecule has 4 rings (SSSR count). The van der Waals surface area contributed by atoms with Gasteiger partial charge in [-0.2, -0.15) is 4.98 Å². The molecule has 0 fully saturated rings. The number of anilines is 1. The van der Waals surface area contributed by atoms with E-state index < -0.39 is 0 Å². The second kappa shape index (κ2) is 8.25. The Bertz CT molecular complexity index is 1170. The van der Waals surface area contributed by atoms with Crippen molar-refractivity contribution in [3.8, 4) is 22.8 Å². The SMILES string of the molecule is O=C(Nc1ccc(Cl)cc1-c1noc(-c2ccc(Cl)cc2)n1)c1ccc(Cl)cc1. The summed E-state index contributed by atoms with van der Waals surface area (Å²) in [6.45, 7) is 0. The molecule has 29 heavy (non-hydrogen) atoms. The number of carbonyl (C=O) groups excluding carboxylic acids is 1. The van der Waals surface area contributed by atoms with E-state index in [9.17, 15) is 4.79 Å². The first-order valence-electron chi connectivity index (χ1n) is 8.46. The van der Waals surface area contributed by atoms with Crippen molar-refractivity contribution in [2.45, 2.75) is 0 Å². The molecule has 1 amide bonds. The molecule has 0 aliphatic carbocycles. The average Bonchev–Trinajstić information content (AvgIpc) is 3.20. The fourth-order valence-corrected chi connectivity index (χ4v) is 3.07. The van der Waals surface area contributed by atoms with Crippen molar-refractivity contribution in [3.05, 3.63) is 87.4 Å². The number of benzene rings is 3. The molecular formula is C21H12Cl3N3O2. The number of rotatable bonds is 4. The molecule has 0 radical (unpaired) electrons. The molecule has 0 saturated carbocycles. The lowest BCUT2D eigenvalue weighted by atomic mass is 10.1. The van der Waals surface area contributed by atoms with Crippen LogP contribution in [0.3, 0.4) is 0 Å². The minimum Gasteiger partial charge on any atom is -0.334 e. The highest BCUT2D eigenvalue weighted by atomic mass is 35.5. The third-order valence-corrected chi connectivity index (χ3v) is 4.83. The maximum Gasteiger partial charge on any atom is 0.258 e. The number of carbonyl (C=O) groups is 1. The molecular weight excluding hydrogens is 433 g/mol. The summed E-state index contributed by atoms with van der Waals surface area (Å²) < 4.78 is 5.37. The summed E-state index contributed by atoms with van der Waals surface area (Å²) in [6.07, 6.45) is 0. The largest absolute Gasteiger partial charge is 0.334 e. The van der Waals surface area contributed by atoms with Crippen LogP contribution in [0.1, 0.15) is 10.4 Å². The highest BCUT2D eigenvalue weighted by Gasteiger charge is 2.17. The van der Waals surface area contributed by atoms with Gasteiger partial charge in [0.05, 0.1) is 5.69 Å². The van der Waals surface area contributed by atoms with Crippen LogP contribution >= 0.6 is 34.8 Å². The Morgan fingerprint density at radius 1 is 0.828 bits per heavy atom. The zero-order valence-corrected chi connectivity index (χ0v) is 17.0. The lowest BCUT2D eigenvalue weighted by Gasteiger charge is -2.09. The van der Waals surface area contributed by atoms with Crippen LogP contribution < -0.4 is 5.32 Å². The Balaban J connectivity index is 1.66. The van der Waals surface area contributed by atoms with E-state index in [1.165, 1.54) is 0 Å². The molecule has 0 aliphatic heterocycles. The van der Waals surface area contributed by atoms with E-state index in [0.29, 0.717) is 43.6 Å². The topological polar surface area (TPSA) is 68.0 Å².